The molecular formula is C62H56BNO2. The molecule has 9 aromatic carbocycles. The van der Waals surface area contributed by atoms with Crippen LogP contribution in [-0.2, 0) is 0 Å². The molecule has 0 radical (unpaired) electrons. The number of hydrogen-bond acceptors (Lipinski definition) is 3. The number of rotatable bonds is 12. The molecule has 4 heteroatoms. The Kier molecular flexibility index (Phi) is 12.5. The van der Waals surface area contributed by atoms with E-state index in [4.69, 9.17) is 9.47 Å². The predicted octanol–water partition coefficient (Wildman–Crippen LogP) is 14.2. The lowest BCUT2D eigenvalue weighted by atomic mass is 9.34. The van der Waals surface area contributed by atoms with Gasteiger partial charge in [0, 0.05) is 17.1 Å². The van der Waals surface area contributed by atoms with Crippen LogP contribution in [0, 0.1) is 41.5 Å². The second-order valence-corrected chi connectivity index (χ2v) is 17.7. The molecule has 0 atom stereocenters. The van der Waals surface area contributed by atoms with E-state index >= 15 is 0 Å². The van der Waals surface area contributed by atoms with Gasteiger partial charge in [0.1, 0.15) is 11.5 Å². The van der Waals surface area contributed by atoms with Crippen LogP contribution in [-0.4, -0.2) is 20.9 Å². The Hall–Kier alpha value is -7.56. The second-order valence-electron chi connectivity index (χ2n) is 17.7. The van der Waals surface area contributed by atoms with Crippen LogP contribution in [0.15, 0.2) is 194 Å². The standard InChI is InChI=1S/C62H56BNO2/c1-41-37-43(3)61(44(4)38-41)63(62-45(5)39-42(2)40-46(62)6)55-25-21-53(22-26-55)51-17-13-49(14-18-51)47-9-11-48(12-10-47)50-15-19-52(20-16-50)54-23-27-56(28-24-54)64(57-29-33-59(65-7)34-30-57)58-31-35-60(66-8)36-32-58/h9-40H,1-8H3. The Morgan fingerprint density at radius 3 is 0.788 bits per heavy atom. The number of benzene rings is 9. The van der Waals surface area contributed by atoms with Crippen molar-refractivity contribution in [2.24, 2.45) is 0 Å². The van der Waals surface area contributed by atoms with Gasteiger partial charge in [-0.25, -0.2) is 0 Å². The van der Waals surface area contributed by atoms with Crippen LogP contribution in [0.5, 0.6) is 11.5 Å². The Labute approximate surface area is 392 Å². The summed E-state index contributed by atoms with van der Waals surface area (Å²) in [5.74, 6) is 1.65. The third-order valence-electron chi connectivity index (χ3n) is 13.1. The first-order chi connectivity index (χ1) is 32.1. The number of nitrogens with zero attached hydrogens (tertiary/aromatic N) is 1. The quantitative estimate of drug-likeness (QED) is 0.114. The van der Waals surface area contributed by atoms with E-state index in [0.29, 0.717) is 0 Å². The molecule has 9 aromatic rings. The van der Waals surface area contributed by atoms with Gasteiger partial charge < -0.3 is 14.4 Å². The molecule has 0 aromatic heterocycles. The average molecular weight is 858 g/mol. The SMILES string of the molecule is COc1ccc(N(c2ccc(OC)cc2)c2ccc(-c3ccc(-c4ccc(-c5ccc(-c6ccc(B(c7c(C)cc(C)cc7C)c7c(C)cc(C)cc7C)cc6)cc5)cc4)cc3)cc2)cc1. The molecule has 0 amide bonds. The van der Waals surface area contributed by atoms with E-state index in [1.807, 2.05) is 24.3 Å². The zero-order chi connectivity index (χ0) is 45.9. The second kappa shape index (κ2) is 18.9. The van der Waals surface area contributed by atoms with Crippen molar-refractivity contribution in [2.75, 3.05) is 19.1 Å². The van der Waals surface area contributed by atoms with E-state index in [1.165, 1.54) is 88.7 Å². The smallest absolute Gasteiger partial charge is 0.242 e. The van der Waals surface area contributed by atoms with Crippen molar-refractivity contribution < 1.29 is 9.47 Å². The minimum Gasteiger partial charge on any atom is -0.497 e. The molecule has 0 fully saturated rings. The molecule has 66 heavy (non-hydrogen) atoms. The molecule has 0 N–H and O–H groups in total. The third-order valence-corrected chi connectivity index (χ3v) is 13.1. The molecule has 0 unspecified atom stereocenters. The zero-order valence-electron chi connectivity index (χ0n) is 39.3. The van der Waals surface area contributed by atoms with Crippen LogP contribution in [0.3, 0.4) is 0 Å². The van der Waals surface area contributed by atoms with Crippen molar-refractivity contribution in [1.29, 1.82) is 0 Å². The monoisotopic (exact) mass is 857 g/mol. The predicted molar refractivity (Wildman–Crippen MR) is 282 cm³/mol. The highest BCUT2D eigenvalue weighted by atomic mass is 16.5. The van der Waals surface area contributed by atoms with Gasteiger partial charge in [0.05, 0.1) is 14.2 Å². The third kappa shape index (κ3) is 9.05. The van der Waals surface area contributed by atoms with Gasteiger partial charge in [0.15, 0.2) is 0 Å². The van der Waals surface area contributed by atoms with Crippen LogP contribution in [0.25, 0.3) is 44.5 Å². The van der Waals surface area contributed by atoms with Gasteiger partial charge in [0.2, 0.25) is 6.71 Å². The van der Waals surface area contributed by atoms with Gasteiger partial charge in [-0.2, -0.15) is 0 Å². The lowest BCUT2D eigenvalue weighted by Crippen LogP contribution is -2.55. The molecule has 9 rings (SSSR count). The summed E-state index contributed by atoms with van der Waals surface area (Å²) < 4.78 is 10.9. The number of anilines is 3. The van der Waals surface area contributed by atoms with E-state index in [2.05, 4.69) is 216 Å². The maximum Gasteiger partial charge on any atom is 0.242 e. The van der Waals surface area contributed by atoms with Crippen molar-refractivity contribution in [3.05, 3.63) is 228 Å². The summed E-state index contributed by atoms with van der Waals surface area (Å²) in [7, 11) is 3.38. The number of aryl methyl sites for hydroxylation is 6. The van der Waals surface area contributed by atoms with E-state index in [-0.39, 0.29) is 6.71 Å². The van der Waals surface area contributed by atoms with E-state index in [1.54, 1.807) is 14.2 Å². The van der Waals surface area contributed by atoms with Crippen molar-refractivity contribution in [3.63, 3.8) is 0 Å². The van der Waals surface area contributed by atoms with Gasteiger partial charge in [-0.1, -0.05) is 183 Å². The van der Waals surface area contributed by atoms with Crippen LogP contribution in [0.2, 0.25) is 0 Å². The van der Waals surface area contributed by atoms with Gasteiger partial charge in [0.25, 0.3) is 0 Å². The summed E-state index contributed by atoms with van der Waals surface area (Å²) in [6.07, 6.45) is 0. The van der Waals surface area contributed by atoms with E-state index in [9.17, 15) is 0 Å². The molecule has 0 aliphatic rings. The fourth-order valence-electron chi connectivity index (χ4n) is 9.92. The topological polar surface area (TPSA) is 21.7 Å². The molecule has 0 heterocycles. The Bertz CT molecular complexity index is 2950. The summed E-state index contributed by atoms with van der Waals surface area (Å²) >= 11 is 0. The van der Waals surface area contributed by atoms with Crippen molar-refractivity contribution in [2.45, 2.75) is 41.5 Å². The molecular weight excluding hydrogens is 801 g/mol. The molecule has 0 aliphatic carbocycles. The molecule has 0 saturated heterocycles. The van der Waals surface area contributed by atoms with Crippen LogP contribution >= 0.6 is 0 Å². The molecule has 3 nitrogen and oxygen atoms in total. The number of hydrogen-bond donors (Lipinski definition) is 0. The molecule has 324 valence electrons. The fraction of sp³-hybridized carbons (Fsp3) is 0.129. The normalized spacial score (nSPS) is 11.0. The highest BCUT2D eigenvalue weighted by molar-refractivity contribution is 6.96. The number of ether oxygens (including phenoxy) is 2. The fourth-order valence-corrected chi connectivity index (χ4v) is 9.92. The first kappa shape index (κ1) is 43.7. The lowest BCUT2D eigenvalue weighted by Gasteiger charge is -2.26. The molecule has 0 bridgehead atoms. The first-order valence-electron chi connectivity index (χ1n) is 22.8. The lowest BCUT2D eigenvalue weighted by molar-refractivity contribution is 0.415. The summed E-state index contributed by atoms with van der Waals surface area (Å²) in [4.78, 5) is 2.24. The molecule has 0 spiro atoms. The van der Waals surface area contributed by atoms with E-state index < -0.39 is 0 Å². The average Bonchev–Trinajstić information content (AvgIpc) is 3.34. The highest BCUT2D eigenvalue weighted by Crippen LogP contribution is 2.37. The van der Waals surface area contributed by atoms with Crippen molar-refractivity contribution >= 4 is 40.2 Å². The Morgan fingerprint density at radius 1 is 0.303 bits per heavy atom. The minimum atomic E-state index is 0.163. The maximum absolute atomic E-state index is 5.43. The maximum atomic E-state index is 5.43. The van der Waals surface area contributed by atoms with Crippen LogP contribution < -0.4 is 30.8 Å². The van der Waals surface area contributed by atoms with Gasteiger partial charge in [-0.05, 0) is 147 Å². The van der Waals surface area contributed by atoms with Crippen molar-refractivity contribution in [1.82, 2.24) is 0 Å². The van der Waals surface area contributed by atoms with Crippen LogP contribution in [0.4, 0.5) is 17.1 Å². The van der Waals surface area contributed by atoms with Crippen LogP contribution in [0.1, 0.15) is 33.4 Å². The van der Waals surface area contributed by atoms with E-state index in [0.717, 1.165) is 34.1 Å². The summed E-state index contributed by atoms with van der Waals surface area (Å²) in [6.45, 7) is 13.6. The zero-order valence-corrected chi connectivity index (χ0v) is 39.3. The van der Waals surface area contributed by atoms with Crippen molar-refractivity contribution in [3.8, 4) is 56.0 Å². The number of methoxy groups -OCH3 is 2. The summed E-state index contributed by atoms with van der Waals surface area (Å²) in [5, 5.41) is 0. The van der Waals surface area contributed by atoms with Gasteiger partial charge >= 0.3 is 0 Å². The molecule has 0 saturated carbocycles. The summed E-state index contributed by atoms with van der Waals surface area (Å²) in [6, 6.07) is 70.4. The van der Waals surface area contributed by atoms with Gasteiger partial charge in [-0.3, -0.25) is 0 Å². The first-order valence-corrected chi connectivity index (χ1v) is 22.8. The largest absolute Gasteiger partial charge is 0.497 e. The molecule has 0 aliphatic heterocycles. The summed E-state index contributed by atoms with van der Waals surface area (Å²) in [5.41, 5.74) is 24.9. The minimum absolute atomic E-state index is 0.163. The van der Waals surface area contributed by atoms with Gasteiger partial charge in [-0.15, -0.1) is 0 Å². The highest BCUT2D eigenvalue weighted by Gasteiger charge is 2.28. The Balaban J connectivity index is 0.899. The Morgan fingerprint density at radius 2 is 0.530 bits per heavy atom.